The van der Waals surface area contributed by atoms with Crippen LogP contribution < -0.4 is 0 Å². The van der Waals surface area contributed by atoms with Crippen LogP contribution in [0.1, 0.15) is 54.9 Å². The lowest BCUT2D eigenvalue weighted by atomic mass is 9.51. The van der Waals surface area contributed by atoms with Gasteiger partial charge in [0.25, 0.3) is 0 Å². The first-order chi connectivity index (χ1) is 22.7. The van der Waals surface area contributed by atoms with Crippen molar-refractivity contribution in [2.45, 2.75) is 108 Å². The number of alkyl halides is 1. The molecule has 49 heavy (non-hydrogen) atoms. The predicted octanol–water partition coefficient (Wildman–Crippen LogP) is 1.07. The summed E-state index contributed by atoms with van der Waals surface area (Å²) >= 11 is 6.79. The van der Waals surface area contributed by atoms with Crippen LogP contribution >= 0.6 is 11.6 Å². The van der Waals surface area contributed by atoms with Crippen molar-refractivity contribution in [2.24, 2.45) is 23.2 Å². The van der Waals surface area contributed by atoms with Crippen LogP contribution in [-0.4, -0.2) is 112 Å². The van der Waals surface area contributed by atoms with E-state index in [2.05, 4.69) is 6.58 Å². The maximum atomic E-state index is 13.3. The number of carbonyl (C=O) groups is 6. The van der Waals surface area contributed by atoms with Crippen LogP contribution in [0.25, 0.3) is 0 Å². The van der Waals surface area contributed by atoms with Gasteiger partial charge in [-0.15, -0.1) is 11.6 Å². The molecular weight excluding hydrogens is 672 g/mol. The summed E-state index contributed by atoms with van der Waals surface area (Å²) in [5.74, 6) is -8.62. The van der Waals surface area contributed by atoms with Gasteiger partial charge in [0.1, 0.15) is 24.4 Å². The van der Waals surface area contributed by atoms with Gasteiger partial charge in [-0.05, 0) is 24.5 Å². The molecule has 0 aromatic heterocycles. The summed E-state index contributed by atoms with van der Waals surface area (Å²) in [6, 6.07) is 0. The van der Waals surface area contributed by atoms with Crippen molar-refractivity contribution in [1.29, 1.82) is 0 Å². The molecule has 16 heteroatoms. The van der Waals surface area contributed by atoms with Gasteiger partial charge in [0.15, 0.2) is 30.0 Å². The Hall–Kier alpha value is -3.53. The number of carbonyl (C=O) groups excluding carboxylic acids is 6. The Balaban J connectivity index is 2.16. The number of epoxide rings is 1. The first-order valence-electron chi connectivity index (χ1n) is 15.8. The van der Waals surface area contributed by atoms with E-state index in [0.29, 0.717) is 0 Å². The molecule has 3 fully saturated rings. The lowest BCUT2D eigenvalue weighted by molar-refractivity contribution is -0.281. The minimum Gasteiger partial charge on any atom is -0.459 e. The molecule has 272 valence electrons. The number of halogens is 1. The monoisotopic (exact) mass is 714 g/mol. The highest BCUT2D eigenvalue weighted by molar-refractivity contribution is 6.23. The number of aliphatic hydroxyl groups excluding tert-OH is 1. The highest BCUT2D eigenvalue weighted by Gasteiger charge is 2.81. The van der Waals surface area contributed by atoms with Crippen molar-refractivity contribution in [3.05, 3.63) is 24.3 Å². The van der Waals surface area contributed by atoms with Crippen LogP contribution in [0.15, 0.2) is 24.3 Å². The Morgan fingerprint density at radius 2 is 1.55 bits per heavy atom. The fourth-order valence-electron chi connectivity index (χ4n) is 7.51. The van der Waals surface area contributed by atoms with Gasteiger partial charge in [-0.25, -0.2) is 4.79 Å². The maximum absolute atomic E-state index is 13.3. The van der Waals surface area contributed by atoms with E-state index in [1.807, 2.05) is 0 Å². The van der Waals surface area contributed by atoms with E-state index >= 15 is 0 Å². The van der Waals surface area contributed by atoms with Gasteiger partial charge in [-0.1, -0.05) is 33.4 Å². The molecule has 12 atom stereocenters. The average molecular weight is 715 g/mol. The summed E-state index contributed by atoms with van der Waals surface area (Å²) in [5, 5.41) is 21.2. The summed E-state index contributed by atoms with van der Waals surface area (Å²) in [7, 11) is 0. The number of allylic oxidation sites excluding steroid dienone is 1. The Labute approximate surface area is 288 Å². The van der Waals surface area contributed by atoms with Gasteiger partial charge in [-0.3, -0.25) is 24.0 Å². The van der Waals surface area contributed by atoms with Crippen molar-refractivity contribution in [1.82, 2.24) is 0 Å². The second-order valence-corrected chi connectivity index (χ2v) is 14.1. The standard InChI is InChI=1S/C33H43ClO15/c1-14(2)11-21(39)48-28-24(44-17(5)36)27(45-18(6)37)31(8)20(47-22(40)12-35)10-9-15(3)23(34)26-33(42,16(4)30(41)49-26)29(46-19(7)38)25(31)32(28)13-43-32/h9-10,14,16,20,23-29,35,42H,3,11-13H2,1-2,4-8H3. The van der Waals surface area contributed by atoms with E-state index in [1.165, 1.54) is 26.0 Å². The Morgan fingerprint density at radius 3 is 2.06 bits per heavy atom. The molecule has 2 aliphatic heterocycles. The molecule has 1 spiro atoms. The van der Waals surface area contributed by atoms with Crippen LogP contribution in [0, 0.1) is 23.2 Å². The molecule has 0 bridgehead atoms. The third kappa shape index (κ3) is 6.82. The maximum Gasteiger partial charge on any atom is 0.332 e. The molecule has 1 saturated carbocycles. The van der Waals surface area contributed by atoms with E-state index in [-0.39, 0.29) is 24.5 Å². The highest BCUT2D eigenvalue weighted by atomic mass is 35.5. The van der Waals surface area contributed by atoms with Crippen molar-refractivity contribution in [3.63, 3.8) is 0 Å². The molecule has 2 heterocycles. The van der Waals surface area contributed by atoms with E-state index < -0.39 is 113 Å². The Bertz CT molecular complexity index is 1420. The quantitative estimate of drug-likeness (QED) is 0.156. The van der Waals surface area contributed by atoms with Gasteiger partial charge in [-0.2, -0.15) is 0 Å². The molecule has 0 aromatic carbocycles. The van der Waals surface area contributed by atoms with Gasteiger partial charge >= 0.3 is 35.8 Å². The minimum atomic E-state index is -2.47. The molecule has 4 rings (SSSR count). The Morgan fingerprint density at radius 1 is 0.980 bits per heavy atom. The fourth-order valence-corrected chi connectivity index (χ4v) is 7.84. The first kappa shape index (κ1) is 38.3. The summed E-state index contributed by atoms with van der Waals surface area (Å²) in [4.78, 5) is 77.9. The van der Waals surface area contributed by atoms with Gasteiger partial charge in [0, 0.05) is 33.1 Å². The summed E-state index contributed by atoms with van der Waals surface area (Å²) < 4.78 is 41.0. The van der Waals surface area contributed by atoms with Crippen LogP contribution in [0.5, 0.6) is 0 Å². The average Bonchev–Trinajstić information content (AvgIpc) is 3.75. The lowest BCUT2D eigenvalue weighted by Crippen LogP contribution is -2.76. The first-order valence-corrected chi connectivity index (χ1v) is 16.3. The highest BCUT2D eigenvalue weighted by Crippen LogP contribution is 2.63. The molecule has 4 aliphatic rings. The molecule has 12 unspecified atom stereocenters. The number of esters is 6. The summed E-state index contributed by atoms with van der Waals surface area (Å²) in [6.07, 6.45) is -7.35. The van der Waals surface area contributed by atoms with E-state index in [0.717, 1.165) is 20.8 Å². The van der Waals surface area contributed by atoms with Crippen molar-refractivity contribution >= 4 is 47.4 Å². The van der Waals surface area contributed by atoms with E-state index in [4.69, 9.17) is 44.8 Å². The number of aliphatic hydroxyl groups is 2. The largest absolute Gasteiger partial charge is 0.459 e. The molecule has 0 amide bonds. The second-order valence-electron chi connectivity index (χ2n) is 13.6. The smallest absolute Gasteiger partial charge is 0.332 e. The van der Waals surface area contributed by atoms with Crippen LogP contribution in [0.3, 0.4) is 0 Å². The van der Waals surface area contributed by atoms with Crippen LogP contribution in [0.2, 0.25) is 0 Å². The number of hydrogen-bond donors (Lipinski definition) is 2. The number of rotatable bonds is 8. The van der Waals surface area contributed by atoms with Crippen molar-refractivity contribution < 1.29 is 72.1 Å². The third-order valence-electron chi connectivity index (χ3n) is 9.70. The number of fused-ring (bicyclic) bond motifs is 3. The van der Waals surface area contributed by atoms with Gasteiger partial charge in [0.2, 0.25) is 0 Å². The summed E-state index contributed by atoms with van der Waals surface area (Å²) in [5.41, 5.74) is -6.16. The Kier molecular flexibility index (Phi) is 10.9. The molecular formula is C33H43ClO15. The fraction of sp³-hybridized carbons (Fsp3) is 0.697. The topological polar surface area (TPSA) is 211 Å². The second kappa shape index (κ2) is 14.0. The zero-order valence-corrected chi connectivity index (χ0v) is 29.1. The van der Waals surface area contributed by atoms with Crippen molar-refractivity contribution in [2.75, 3.05) is 13.2 Å². The predicted molar refractivity (Wildman–Crippen MR) is 165 cm³/mol. The molecule has 2 saturated heterocycles. The van der Waals surface area contributed by atoms with Gasteiger partial charge in [0.05, 0.1) is 23.3 Å². The van der Waals surface area contributed by atoms with Crippen LogP contribution in [-0.2, 0) is 61.9 Å². The molecule has 0 aromatic rings. The van der Waals surface area contributed by atoms with Crippen molar-refractivity contribution in [3.8, 4) is 0 Å². The molecule has 15 nitrogen and oxygen atoms in total. The zero-order valence-electron chi connectivity index (χ0n) is 28.3. The van der Waals surface area contributed by atoms with E-state index in [9.17, 15) is 39.0 Å². The minimum absolute atomic E-state index is 0.0647. The summed E-state index contributed by atoms with van der Waals surface area (Å²) in [6.45, 7) is 12.1. The lowest BCUT2D eigenvalue weighted by Gasteiger charge is -2.59. The zero-order chi connectivity index (χ0) is 36.8. The normalized spacial score (nSPS) is 39.6. The third-order valence-corrected chi connectivity index (χ3v) is 10.2. The number of hydrogen-bond acceptors (Lipinski definition) is 15. The number of ether oxygens (including phenoxy) is 7. The molecule has 0 radical (unpaired) electrons. The van der Waals surface area contributed by atoms with E-state index in [1.54, 1.807) is 13.8 Å². The molecule has 2 N–H and O–H groups in total. The van der Waals surface area contributed by atoms with Gasteiger partial charge < -0.3 is 43.4 Å². The SMILES string of the molecule is C=C1C=CC(OC(=O)CO)C2(C)C(OC(C)=O)C(OC(C)=O)C(OC(=O)CC(C)C)C3(CO3)C2C(OC(C)=O)C2(O)C(C)C(=O)OC2C1Cl. The van der Waals surface area contributed by atoms with Crippen LogP contribution in [0.4, 0.5) is 0 Å². The molecule has 2 aliphatic carbocycles.